The van der Waals surface area contributed by atoms with Gasteiger partial charge in [-0.3, -0.25) is 9.59 Å². The third-order valence-corrected chi connectivity index (χ3v) is 11.6. The molecule has 4 N–H and O–H groups in total. The van der Waals surface area contributed by atoms with Crippen molar-refractivity contribution in [2.24, 2.45) is 11.8 Å². The summed E-state index contributed by atoms with van der Waals surface area (Å²) in [5, 5.41) is 23.2. The fraction of sp³-hybridized carbons (Fsp3) is 0.282. The van der Waals surface area contributed by atoms with Gasteiger partial charge >= 0.3 is 11.9 Å². The Labute approximate surface area is 309 Å². The topological polar surface area (TPSA) is 193 Å². The van der Waals surface area contributed by atoms with Gasteiger partial charge in [0.1, 0.15) is 34.2 Å². The van der Waals surface area contributed by atoms with Gasteiger partial charge in [0.2, 0.25) is 0 Å². The molecular weight excluding hydrogens is 710 g/mol. The third kappa shape index (κ3) is 5.33. The maximum Gasteiger partial charge on any atom is 0.308 e. The Hall–Kier alpha value is -6.58. The van der Waals surface area contributed by atoms with E-state index in [0.29, 0.717) is 88.2 Å². The van der Waals surface area contributed by atoms with Crippen LogP contribution in [0, 0.1) is 23.5 Å². The molecule has 0 aromatic carbocycles. The molecule has 14 nitrogen and oxygen atoms in total. The molecule has 5 atom stereocenters. The molecule has 276 valence electrons. The number of hydrogen-bond donors (Lipinski definition) is 4. The second kappa shape index (κ2) is 12.5. The van der Waals surface area contributed by atoms with E-state index in [1.807, 2.05) is 27.6 Å². The van der Waals surface area contributed by atoms with Crippen molar-refractivity contribution in [3.05, 3.63) is 85.0 Å². The first-order chi connectivity index (χ1) is 26.7. The summed E-state index contributed by atoms with van der Waals surface area (Å²) >= 11 is 0. The number of carboxylic acid groups (broad SMARTS) is 2. The van der Waals surface area contributed by atoms with Crippen LogP contribution in [0.1, 0.15) is 62.1 Å². The molecule has 2 fully saturated rings. The first kappa shape index (κ1) is 33.0. The molecule has 0 saturated heterocycles. The number of fused-ring (bicyclic) bond motifs is 4. The summed E-state index contributed by atoms with van der Waals surface area (Å²) in [5.74, 6) is -3.51. The van der Waals surface area contributed by atoms with Crippen LogP contribution in [0.3, 0.4) is 0 Å². The summed E-state index contributed by atoms with van der Waals surface area (Å²) in [7, 11) is 0. The number of pyridine rings is 2. The third-order valence-electron chi connectivity index (χ3n) is 11.6. The molecule has 0 aliphatic heterocycles. The smallest absolute Gasteiger partial charge is 0.308 e. The number of carboxylic acids is 2. The van der Waals surface area contributed by atoms with Gasteiger partial charge in [0.15, 0.2) is 11.6 Å². The van der Waals surface area contributed by atoms with Gasteiger partial charge in [0.05, 0.1) is 24.2 Å². The van der Waals surface area contributed by atoms with Crippen molar-refractivity contribution in [3.63, 3.8) is 0 Å². The monoisotopic (exact) mass is 742 g/mol. The first-order valence-electron chi connectivity index (χ1n) is 18.1. The van der Waals surface area contributed by atoms with Crippen molar-refractivity contribution >= 4 is 56.1 Å². The first-order valence-corrected chi connectivity index (χ1v) is 18.1. The molecule has 10 rings (SSSR count). The number of nitrogens with zero attached hydrogens (tertiary/aromatic N) is 8. The number of aromatic nitrogens is 10. The SMILES string of the molecule is O=C(O)C1CCC(c2cn([C@H]3CCC[C@@H]3C(=O)O)c3nc(-c4c[nH]c5ncc(F)cc45)ncc23)CC1n1ccc2cnc(-c3c[nH]c4ncc(F)cc34)nc21. The predicted octanol–water partition coefficient (Wildman–Crippen LogP) is 7.18. The number of carbonyl (C=O) groups is 2. The van der Waals surface area contributed by atoms with Crippen LogP contribution in [-0.4, -0.2) is 71.2 Å². The van der Waals surface area contributed by atoms with Gasteiger partial charge in [0, 0.05) is 81.9 Å². The molecule has 2 aliphatic rings. The lowest BCUT2D eigenvalue weighted by molar-refractivity contribution is -0.145. The maximum atomic E-state index is 14.3. The van der Waals surface area contributed by atoms with Crippen LogP contribution < -0.4 is 0 Å². The van der Waals surface area contributed by atoms with E-state index >= 15 is 0 Å². The summed E-state index contributed by atoms with van der Waals surface area (Å²) in [5.41, 5.74) is 4.15. The van der Waals surface area contributed by atoms with Crippen molar-refractivity contribution in [2.75, 3.05) is 0 Å². The Morgan fingerprint density at radius 1 is 0.709 bits per heavy atom. The summed E-state index contributed by atoms with van der Waals surface area (Å²) < 4.78 is 32.3. The number of H-pyrrole nitrogens is 2. The lowest BCUT2D eigenvalue weighted by Gasteiger charge is -2.35. The molecule has 8 aromatic rings. The summed E-state index contributed by atoms with van der Waals surface area (Å²) in [4.78, 5) is 58.8. The van der Waals surface area contributed by atoms with E-state index in [0.717, 1.165) is 35.2 Å². The second-order valence-corrected chi connectivity index (χ2v) is 14.6. The predicted molar refractivity (Wildman–Crippen MR) is 196 cm³/mol. The zero-order valence-corrected chi connectivity index (χ0v) is 29.0. The van der Waals surface area contributed by atoms with E-state index in [-0.39, 0.29) is 12.0 Å². The largest absolute Gasteiger partial charge is 0.481 e. The second-order valence-electron chi connectivity index (χ2n) is 14.6. The van der Waals surface area contributed by atoms with Crippen molar-refractivity contribution < 1.29 is 28.6 Å². The van der Waals surface area contributed by atoms with Crippen LogP contribution in [0.5, 0.6) is 0 Å². The highest BCUT2D eigenvalue weighted by Crippen LogP contribution is 2.47. The van der Waals surface area contributed by atoms with E-state index in [4.69, 9.17) is 15.0 Å². The quantitative estimate of drug-likeness (QED) is 0.130. The molecule has 3 unspecified atom stereocenters. The zero-order valence-electron chi connectivity index (χ0n) is 29.0. The van der Waals surface area contributed by atoms with Crippen LogP contribution >= 0.6 is 0 Å². The van der Waals surface area contributed by atoms with E-state index in [1.54, 1.807) is 24.8 Å². The molecule has 2 aliphatic carbocycles. The Morgan fingerprint density at radius 3 is 2.02 bits per heavy atom. The minimum atomic E-state index is -0.909. The Kier molecular flexibility index (Phi) is 7.50. The number of aliphatic carboxylic acids is 2. The van der Waals surface area contributed by atoms with Crippen LogP contribution in [0.15, 0.2) is 67.8 Å². The highest BCUT2D eigenvalue weighted by Gasteiger charge is 2.40. The highest BCUT2D eigenvalue weighted by molar-refractivity contribution is 5.94. The van der Waals surface area contributed by atoms with E-state index in [1.165, 1.54) is 12.1 Å². The Morgan fingerprint density at radius 2 is 1.35 bits per heavy atom. The molecule has 0 spiro atoms. The lowest BCUT2D eigenvalue weighted by atomic mass is 9.75. The average molecular weight is 743 g/mol. The van der Waals surface area contributed by atoms with E-state index in [2.05, 4.69) is 24.9 Å². The number of halogens is 2. The molecule has 55 heavy (non-hydrogen) atoms. The summed E-state index contributed by atoms with van der Waals surface area (Å²) in [6.45, 7) is 0. The van der Waals surface area contributed by atoms with Gasteiger partial charge in [-0.15, -0.1) is 0 Å². The minimum Gasteiger partial charge on any atom is -0.481 e. The summed E-state index contributed by atoms with van der Waals surface area (Å²) in [6.07, 6.45) is 16.2. The van der Waals surface area contributed by atoms with Gasteiger partial charge in [-0.2, -0.15) is 0 Å². The Balaban J connectivity index is 1.07. The minimum absolute atomic E-state index is 0.128. The van der Waals surface area contributed by atoms with Gasteiger partial charge in [-0.05, 0) is 61.8 Å². The fourth-order valence-corrected chi connectivity index (χ4v) is 9.01. The lowest BCUT2D eigenvalue weighted by Crippen LogP contribution is -2.32. The van der Waals surface area contributed by atoms with E-state index in [9.17, 15) is 28.6 Å². The average Bonchev–Trinajstić information content (AvgIpc) is 4.02. The number of rotatable bonds is 7. The normalized spacial score (nSPS) is 21.7. The number of nitrogens with one attached hydrogen (secondary N) is 2. The molecule has 0 bridgehead atoms. The molecule has 0 radical (unpaired) electrons. The van der Waals surface area contributed by atoms with Crippen molar-refractivity contribution in [1.29, 1.82) is 0 Å². The number of aromatic amines is 2. The molecule has 8 aromatic heterocycles. The van der Waals surface area contributed by atoms with Crippen molar-refractivity contribution in [2.45, 2.75) is 56.5 Å². The van der Waals surface area contributed by atoms with Crippen molar-refractivity contribution in [3.8, 4) is 22.8 Å². The summed E-state index contributed by atoms with van der Waals surface area (Å²) in [6, 6.07) is 3.77. The van der Waals surface area contributed by atoms with Crippen molar-refractivity contribution in [1.82, 2.24) is 49.0 Å². The van der Waals surface area contributed by atoms with Crippen LogP contribution in [0.4, 0.5) is 8.78 Å². The molecule has 16 heteroatoms. The van der Waals surface area contributed by atoms with Gasteiger partial charge in [0.25, 0.3) is 0 Å². The van der Waals surface area contributed by atoms with E-state index < -0.39 is 41.5 Å². The van der Waals surface area contributed by atoms with Gasteiger partial charge in [-0.1, -0.05) is 6.42 Å². The zero-order chi connectivity index (χ0) is 37.5. The molecule has 0 amide bonds. The number of hydrogen-bond acceptors (Lipinski definition) is 8. The molecule has 2 saturated carbocycles. The molecule has 8 heterocycles. The fourth-order valence-electron chi connectivity index (χ4n) is 9.01. The van der Waals surface area contributed by atoms with Gasteiger partial charge in [-0.25, -0.2) is 38.7 Å². The van der Waals surface area contributed by atoms with Crippen LogP contribution in [0.2, 0.25) is 0 Å². The molecular formula is C39H32F2N10O4. The van der Waals surface area contributed by atoms with Crippen LogP contribution in [0.25, 0.3) is 66.9 Å². The Bertz CT molecular complexity index is 2840. The maximum absolute atomic E-state index is 14.3. The standard InChI is InChI=1S/C39H32F2N10O4/c40-20-9-24-26(14-45-32(24)43-12-20)34-42-11-19-6-7-50(36(19)48-34)31-8-18(4-5-23(31)39(54)55)29-17-51(30-3-1-2-22(30)38(52)53)37-28(29)16-47-35(49-37)27-15-46-33-25(27)10-21(41)13-44-33/h6-7,9-18,22-23,30-31H,1-5,8H2,(H,43,45)(H,44,46)(H,52,53)(H,54,55)/t18?,22-,23?,30-,31?/m0/s1. The van der Waals surface area contributed by atoms with Crippen LogP contribution in [-0.2, 0) is 9.59 Å². The highest BCUT2D eigenvalue weighted by atomic mass is 19.1. The van der Waals surface area contributed by atoms with Gasteiger partial charge < -0.3 is 29.3 Å².